The van der Waals surface area contributed by atoms with Crippen molar-refractivity contribution in [2.75, 3.05) is 19.8 Å². The number of ether oxygens (including phenoxy) is 2. The van der Waals surface area contributed by atoms with Gasteiger partial charge in [0.2, 0.25) is 5.91 Å². The first-order valence-electron chi connectivity index (χ1n) is 8.19. The minimum Gasteiger partial charge on any atom is -0.379 e. The second-order valence-electron chi connectivity index (χ2n) is 5.50. The molecule has 0 spiro atoms. The number of benzene rings is 1. The van der Waals surface area contributed by atoms with Crippen molar-refractivity contribution in [3.63, 3.8) is 0 Å². The first kappa shape index (κ1) is 18.2. The lowest BCUT2D eigenvalue weighted by Crippen LogP contribution is -2.36. The molecule has 2 aromatic rings. The number of amides is 1. The van der Waals surface area contributed by atoms with E-state index >= 15 is 0 Å². The normalized spacial score (nSPS) is 13.5. The number of carbonyl (C=O) groups excluding carboxylic acids is 1. The van der Waals surface area contributed by atoms with Crippen LogP contribution in [0, 0.1) is 0 Å². The van der Waals surface area contributed by atoms with Gasteiger partial charge in [-0.05, 0) is 38.5 Å². The number of nitrogens with zero attached hydrogens (tertiary/aromatic N) is 2. The van der Waals surface area contributed by atoms with Crippen LogP contribution in [0.2, 0.25) is 0 Å². The summed E-state index contributed by atoms with van der Waals surface area (Å²) in [5.74, 6) is -0.127. The van der Waals surface area contributed by atoms with E-state index in [2.05, 4.69) is 10.3 Å². The highest BCUT2D eigenvalue weighted by molar-refractivity contribution is 5.80. The average Bonchev–Trinajstić information content (AvgIpc) is 3.13. The number of hydrogen-bond acceptors (Lipinski definition) is 4. The van der Waals surface area contributed by atoms with Crippen LogP contribution in [0.3, 0.4) is 0 Å². The van der Waals surface area contributed by atoms with E-state index in [4.69, 9.17) is 9.47 Å². The molecule has 24 heavy (non-hydrogen) atoms. The number of aromatic nitrogens is 2. The van der Waals surface area contributed by atoms with Crippen molar-refractivity contribution in [3.05, 3.63) is 48.5 Å². The van der Waals surface area contributed by atoms with Crippen LogP contribution >= 0.6 is 0 Å². The van der Waals surface area contributed by atoms with Crippen molar-refractivity contribution in [1.82, 2.24) is 14.9 Å². The largest absolute Gasteiger partial charge is 0.379 e. The summed E-state index contributed by atoms with van der Waals surface area (Å²) >= 11 is 0. The molecule has 1 heterocycles. The van der Waals surface area contributed by atoms with Gasteiger partial charge in [-0.1, -0.05) is 12.1 Å². The Morgan fingerprint density at radius 1 is 1.25 bits per heavy atom. The van der Waals surface area contributed by atoms with Gasteiger partial charge in [0.15, 0.2) is 0 Å². The predicted octanol–water partition coefficient (Wildman–Crippen LogP) is 2.49. The molecule has 1 N–H and O–H groups in total. The molecule has 0 saturated heterocycles. The van der Waals surface area contributed by atoms with Crippen molar-refractivity contribution in [2.24, 2.45) is 0 Å². The molecule has 130 valence electrons. The predicted molar refractivity (Wildman–Crippen MR) is 92.0 cm³/mol. The molecule has 1 aromatic heterocycles. The fourth-order valence-electron chi connectivity index (χ4n) is 2.26. The summed E-state index contributed by atoms with van der Waals surface area (Å²) in [7, 11) is 0. The highest BCUT2D eigenvalue weighted by atomic mass is 16.5. The molecule has 0 bridgehead atoms. The highest BCUT2D eigenvalue weighted by Crippen LogP contribution is 2.16. The Labute approximate surface area is 142 Å². The third kappa shape index (κ3) is 5.18. The van der Waals surface area contributed by atoms with Gasteiger partial charge in [0.05, 0.1) is 25.6 Å². The zero-order chi connectivity index (χ0) is 17.4. The third-order valence-corrected chi connectivity index (χ3v) is 3.72. The van der Waals surface area contributed by atoms with Gasteiger partial charge in [0.25, 0.3) is 0 Å². The maximum atomic E-state index is 12.2. The lowest BCUT2D eigenvalue weighted by atomic mass is 10.1. The Hall–Kier alpha value is -2.18. The Morgan fingerprint density at radius 2 is 2.00 bits per heavy atom. The van der Waals surface area contributed by atoms with E-state index in [1.807, 2.05) is 48.9 Å². The van der Waals surface area contributed by atoms with E-state index in [0.29, 0.717) is 19.8 Å². The molecule has 6 nitrogen and oxygen atoms in total. The summed E-state index contributed by atoms with van der Waals surface area (Å²) in [4.78, 5) is 16.2. The van der Waals surface area contributed by atoms with Crippen molar-refractivity contribution in [1.29, 1.82) is 0 Å². The van der Waals surface area contributed by atoms with Gasteiger partial charge < -0.3 is 19.4 Å². The lowest BCUT2D eigenvalue weighted by Gasteiger charge is -2.18. The molecule has 2 rings (SSSR count). The maximum absolute atomic E-state index is 12.2. The van der Waals surface area contributed by atoms with Gasteiger partial charge in [0.1, 0.15) is 6.10 Å². The van der Waals surface area contributed by atoms with Crippen molar-refractivity contribution >= 4 is 5.91 Å². The van der Waals surface area contributed by atoms with Crippen LogP contribution in [0.4, 0.5) is 0 Å². The van der Waals surface area contributed by atoms with Crippen LogP contribution in [0.15, 0.2) is 43.0 Å². The van der Waals surface area contributed by atoms with E-state index < -0.39 is 6.10 Å². The van der Waals surface area contributed by atoms with Gasteiger partial charge in [0, 0.05) is 24.7 Å². The SMILES string of the molecule is CCOCCOC(C)C(=O)NC(C)c1ccc(-n2ccnc2)cc1. The Balaban J connectivity index is 1.85. The minimum atomic E-state index is -0.502. The molecule has 0 fully saturated rings. The average molecular weight is 331 g/mol. The Bertz CT molecular complexity index is 611. The first-order chi connectivity index (χ1) is 11.6. The van der Waals surface area contributed by atoms with Gasteiger partial charge >= 0.3 is 0 Å². The van der Waals surface area contributed by atoms with E-state index in [0.717, 1.165) is 11.3 Å². The topological polar surface area (TPSA) is 65.4 Å². The van der Waals surface area contributed by atoms with E-state index in [-0.39, 0.29) is 11.9 Å². The minimum absolute atomic E-state index is 0.0905. The standard InChI is InChI=1S/C18H25N3O3/c1-4-23-11-12-24-15(3)18(22)20-14(2)16-5-7-17(8-6-16)21-10-9-19-13-21/h5-10,13-15H,4,11-12H2,1-3H3,(H,20,22). The first-order valence-corrected chi connectivity index (χ1v) is 8.19. The number of nitrogens with one attached hydrogen (secondary N) is 1. The van der Waals surface area contributed by atoms with Crippen LogP contribution in [0.25, 0.3) is 5.69 Å². The Morgan fingerprint density at radius 3 is 2.62 bits per heavy atom. The van der Waals surface area contributed by atoms with E-state index in [9.17, 15) is 4.79 Å². The maximum Gasteiger partial charge on any atom is 0.249 e. The van der Waals surface area contributed by atoms with Crippen LogP contribution in [0.1, 0.15) is 32.4 Å². The summed E-state index contributed by atoms with van der Waals surface area (Å²) in [6.07, 6.45) is 4.88. The number of hydrogen-bond donors (Lipinski definition) is 1. The van der Waals surface area contributed by atoms with Gasteiger partial charge in [-0.15, -0.1) is 0 Å². The molecular formula is C18H25N3O3. The summed E-state index contributed by atoms with van der Waals surface area (Å²) in [5, 5.41) is 2.97. The summed E-state index contributed by atoms with van der Waals surface area (Å²) in [5.41, 5.74) is 2.07. The zero-order valence-corrected chi connectivity index (χ0v) is 14.4. The van der Waals surface area contributed by atoms with Crippen LogP contribution in [0.5, 0.6) is 0 Å². The molecule has 0 saturated carbocycles. The lowest BCUT2D eigenvalue weighted by molar-refractivity contribution is -0.133. The molecule has 0 aliphatic heterocycles. The van der Waals surface area contributed by atoms with E-state index in [1.54, 1.807) is 19.4 Å². The zero-order valence-electron chi connectivity index (χ0n) is 14.4. The number of rotatable bonds is 9. The molecule has 6 heteroatoms. The fourth-order valence-corrected chi connectivity index (χ4v) is 2.26. The molecule has 2 atom stereocenters. The molecule has 2 unspecified atom stereocenters. The smallest absolute Gasteiger partial charge is 0.249 e. The molecule has 0 aliphatic rings. The van der Waals surface area contributed by atoms with Gasteiger partial charge in [-0.2, -0.15) is 0 Å². The monoisotopic (exact) mass is 331 g/mol. The van der Waals surface area contributed by atoms with Crippen molar-refractivity contribution in [3.8, 4) is 5.69 Å². The summed E-state index contributed by atoms with van der Waals surface area (Å²) in [6, 6.07) is 7.91. The molecule has 1 amide bonds. The third-order valence-electron chi connectivity index (χ3n) is 3.72. The molecule has 1 aromatic carbocycles. The van der Waals surface area contributed by atoms with Crippen LogP contribution < -0.4 is 5.32 Å². The highest BCUT2D eigenvalue weighted by Gasteiger charge is 2.16. The second kappa shape index (κ2) is 9.20. The van der Waals surface area contributed by atoms with Gasteiger partial charge in [-0.3, -0.25) is 4.79 Å². The molecular weight excluding hydrogens is 306 g/mol. The molecule has 0 aliphatic carbocycles. The van der Waals surface area contributed by atoms with Crippen molar-refractivity contribution in [2.45, 2.75) is 32.9 Å². The van der Waals surface area contributed by atoms with Crippen LogP contribution in [-0.4, -0.2) is 41.4 Å². The number of imidazole rings is 1. The molecule has 0 radical (unpaired) electrons. The fraction of sp³-hybridized carbons (Fsp3) is 0.444. The van der Waals surface area contributed by atoms with Gasteiger partial charge in [-0.25, -0.2) is 4.98 Å². The number of carbonyl (C=O) groups is 1. The second-order valence-corrected chi connectivity index (χ2v) is 5.50. The summed E-state index contributed by atoms with van der Waals surface area (Å²) < 4.78 is 12.6. The quantitative estimate of drug-likeness (QED) is 0.717. The van der Waals surface area contributed by atoms with Crippen molar-refractivity contribution < 1.29 is 14.3 Å². The Kier molecular flexibility index (Phi) is 6.96. The van der Waals surface area contributed by atoms with Crippen LogP contribution in [-0.2, 0) is 14.3 Å². The summed E-state index contributed by atoms with van der Waals surface area (Å²) in [6.45, 7) is 7.19. The van der Waals surface area contributed by atoms with E-state index in [1.165, 1.54) is 0 Å².